The van der Waals surface area contributed by atoms with Crippen LogP contribution in [-0.2, 0) is 0 Å². The molecule has 0 radical (unpaired) electrons. The van der Waals surface area contributed by atoms with Crippen LogP contribution in [-0.4, -0.2) is 4.98 Å². The third kappa shape index (κ3) is 4.80. The Morgan fingerprint density at radius 1 is 0.438 bits per heavy atom. The highest BCUT2D eigenvalue weighted by atomic mass is 32.1. The Morgan fingerprint density at radius 2 is 0.917 bits per heavy atom. The Kier molecular flexibility index (Phi) is 6.95. The largest absolute Gasteiger partial charge is 0.455 e. The van der Waals surface area contributed by atoms with E-state index in [0.717, 1.165) is 76.9 Å². The van der Waals surface area contributed by atoms with Gasteiger partial charge in [0, 0.05) is 33.5 Å². The third-order valence-electron chi connectivity index (χ3n) is 8.68. The van der Waals surface area contributed by atoms with Gasteiger partial charge in [0.1, 0.15) is 21.7 Å². The molecule has 4 nitrogen and oxygen atoms in total. The van der Waals surface area contributed by atoms with Crippen LogP contribution < -0.4 is 9.80 Å². The van der Waals surface area contributed by atoms with Gasteiger partial charge in [-0.15, -0.1) is 11.3 Å². The quantitative estimate of drug-likeness (QED) is 0.174. The molecule has 0 saturated heterocycles. The van der Waals surface area contributed by atoms with Crippen molar-refractivity contribution >= 4 is 77.6 Å². The minimum Gasteiger partial charge on any atom is -0.455 e. The van der Waals surface area contributed by atoms with Crippen LogP contribution in [0.2, 0.25) is 0 Å². The van der Waals surface area contributed by atoms with Gasteiger partial charge in [0.25, 0.3) is 0 Å². The fourth-order valence-electron chi connectivity index (χ4n) is 6.53. The zero-order valence-electron chi connectivity index (χ0n) is 25.9. The minimum absolute atomic E-state index is 0.854. The molecule has 0 aliphatic heterocycles. The summed E-state index contributed by atoms with van der Waals surface area (Å²) in [6, 6.07) is 61.2. The molecule has 0 saturated carbocycles. The third-order valence-corrected chi connectivity index (χ3v) is 9.79. The van der Waals surface area contributed by atoms with Gasteiger partial charge in [-0.25, -0.2) is 4.98 Å². The summed E-state index contributed by atoms with van der Waals surface area (Å²) in [7, 11) is 0. The Balaban J connectivity index is 1.35. The van der Waals surface area contributed by atoms with E-state index < -0.39 is 0 Å². The molecule has 0 bridgehead atoms. The van der Waals surface area contributed by atoms with E-state index in [-0.39, 0.29) is 0 Å². The number of nitrogens with zero attached hydrogens (tertiary/aromatic N) is 3. The summed E-state index contributed by atoms with van der Waals surface area (Å²) >= 11 is 1.70. The van der Waals surface area contributed by atoms with Crippen molar-refractivity contribution in [2.75, 3.05) is 9.80 Å². The highest BCUT2D eigenvalue weighted by molar-refractivity contribution is 7.22. The molecule has 9 rings (SSSR count). The van der Waals surface area contributed by atoms with Crippen LogP contribution in [0.4, 0.5) is 34.1 Å². The Hall–Kier alpha value is -6.17. The van der Waals surface area contributed by atoms with E-state index in [1.165, 1.54) is 0 Å². The van der Waals surface area contributed by atoms with Crippen LogP contribution >= 0.6 is 11.3 Å². The molecule has 228 valence electrons. The molecule has 0 aliphatic carbocycles. The van der Waals surface area contributed by atoms with Gasteiger partial charge >= 0.3 is 0 Å². The van der Waals surface area contributed by atoms with E-state index in [1.54, 1.807) is 11.3 Å². The van der Waals surface area contributed by atoms with Crippen molar-refractivity contribution in [2.24, 2.45) is 0 Å². The summed E-state index contributed by atoms with van der Waals surface area (Å²) in [6.45, 7) is 0. The average Bonchev–Trinajstić information content (AvgIpc) is 3.77. The van der Waals surface area contributed by atoms with Crippen molar-refractivity contribution < 1.29 is 4.42 Å². The molecular formula is C43H29N3OS. The standard InChI is InChI=1S/C43H29N3OS/c1-5-16-30(17-6-1)45(31-18-7-2-8-19-31)37-28-29-38(46(32-20-9-3-10-21-32)33-22-11-4-12-23-33)42-40(37)44-43(48-42)36-26-15-25-35-34-24-13-14-27-39(34)47-41(35)36/h1-29H. The lowest BCUT2D eigenvalue weighted by molar-refractivity contribution is 0.670. The zero-order chi connectivity index (χ0) is 31.9. The van der Waals surface area contributed by atoms with E-state index in [2.05, 4.69) is 174 Å². The van der Waals surface area contributed by atoms with Crippen molar-refractivity contribution in [3.8, 4) is 10.6 Å². The Morgan fingerprint density at radius 3 is 1.50 bits per heavy atom. The first-order valence-electron chi connectivity index (χ1n) is 16.0. The highest BCUT2D eigenvalue weighted by Gasteiger charge is 2.25. The van der Waals surface area contributed by atoms with E-state index in [0.29, 0.717) is 0 Å². The van der Waals surface area contributed by atoms with E-state index in [4.69, 9.17) is 9.40 Å². The normalized spacial score (nSPS) is 11.3. The van der Waals surface area contributed by atoms with Crippen molar-refractivity contribution in [3.05, 3.63) is 176 Å². The van der Waals surface area contributed by atoms with Crippen LogP contribution in [0.25, 0.3) is 42.7 Å². The maximum absolute atomic E-state index is 6.51. The van der Waals surface area contributed by atoms with Crippen molar-refractivity contribution in [2.45, 2.75) is 0 Å². The number of hydrogen-bond donors (Lipinski definition) is 0. The molecule has 0 aliphatic rings. The monoisotopic (exact) mass is 635 g/mol. The number of aromatic nitrogens is 1. The fraction of sp³-hybridized carbons (Fsp3) is 0. The van der Waals surface area contributed by atoms with Gasteiger partial charge in [0.05, 0.1) is 21.6 Å². The van der Waals surface area contributed by atoms with Crippen LogP contribution in [0.3, 0.4) is 0 Å². The fourth-order valence-corrected chi connectivity index (χ4v) is 7.64. The molecule has 7 aromatic carbocycles. The topological polar surface area (TPSA) is 32.5 Å². The molecule has 0 spiro atoms. The Labute approximate surface area is 282 Å². The maximum Gasteiger partial charge on any atom is 0.145 e. The summed E-state index contributed by atoms with van der Waals surface area (Å²) in [4.78, 5) is 10.1. The number of fused-ring (bicyclic) bond motifs is 4. The first-order valence-corrected chi connectivity index (χ1v) is 16.8. The summed E-state index contributed by atoms with van der Waals surface area (Å²) in [6.07, 6.45) is 0. The number of benzene rings is 7. The average molecular weight is 636 g/mol. The molecule has 9 aromatic rings. The smallest absolute Gasteiger partial charge is 0.145 e. The number of rotatable bonds is 7. The molecule has 48 heavy (non-hydrogen) atoms. The SMILES string of the molecule is c1ccc(N(c2ccccc2)c2ccc(N(c3ccccc3)c3ccccc3)c3sc(-c4cccc5c4oc4ccccc45)nc23)cc1. The van der Waals surface area contributed by atoms with Gasteiger partial charge in [0.2, 0.25) is 0 Å². The first-order chi connectivity index (χ1) is 23.8. The van der Waals surface area contributed by atoms with Gasteiger partial charge in [-0.1, -0.05) is 103 Å². The van der Waals surface area contributed by atoms with Crippen LogP contribution in [0.5, 0.6) is 0 Å². The number of thiazole rings is 1. The number of anilines is 6. The van der Waals surface area contributed by atoms with E-state index in [9.17, 15) is 0 Å². The molecule has 2 heterocycles. The molecule has 0 amide bonds. The van der Waals surface area contributed by atoms with E-state index in [1.807, 2.05) is 12.1 Å². The van der Waals surface area contributed by atoms with Crippen molar-refractivity contribution in [1.29, 1.82) is 0 Å². The van der Waals surface area contributed by atoms with Crippen molar-refractivity contribution in [3.63, 3.8) is 0 Å². The minimum atomic E-state index is 0.854. The summed E-state index contributed by atoms with van der Waals surface area (Å²) < 4.78 is 7.60. The summed E-state index contributed by atoms with van der Waals surface area (Å²) in [5.74, 6) is 0. The molecular weight excluding hydrogens is 607 g/mol. The lowest BCUT2D eigenvalue weighted by Crippen LogP contribution is -2.12. The van der Waals surface area contributed by atoms with Gasteiger partial charge in [-0.2, -0.15) is 0 Å². The number of hydrogen-bond acceptors (Lipinski definition) is 5. The van der Waals surface area contributed by atoms with Crippen molar-refractivity contribution in [1.82, 2.24) is 4.98 Å². The second-order valence-electron chi connectivity index (χ2n) is 11.6. The number of furan rings is 1. The van der Waals surface area contributed by atoms with Crippen LogP contribution in [0.15, 0.2) is 180 Å². The van der Waals surface area contributed by atoms with Crippen LogP contribution in [0, 0.1) is 0 Å². The molecule has 5 heteroatoms. The highest BCUT2D eigenvalue weighted by Crippen LogP contribution is 2.49. The van der Waals surface area contributed by atoms with Crippen LogP contribution in [0.1, 0.15) is 0 Å². The van der Waals surface area contributed by atoms with Gasteiger partial charge in [0.15, 0.2) is 0 Å². The second-order valence-corrected chi connectivity index (χ2v) is 12.6. The lowest BCUT2D eigenvalue weighted by Gasteiger charge is -2.29. The number of para-hydroxylation sites is 6. The Bertz CT molecular complexity index is 2310. The molecule has 0 fully saturated rings. The first kappa shape index (κ1) is 28.1. The maximum atomic E-state index is 6.51. The van der Waals surface area contributed by atoms with Gasteiger partial charge < -0.3 is 14.2 Å². The zero-order valence-corrected chi connectivity index (χ0v) is 26.7. The van der Waals surface area contributed by atoms with E-state index >= 15 is 0 Å². The molecule has 2 aromatic heterocycles. The second kappa shape index (κ2) is 11.9. The predicted molar refractivity (Wildman–Crippen MR) is 202 cm³/mol. The molecule has 0 unspecified atom stereocenters. The van der Waals surface area contributed by atoms with Gasteiger partial charge in [-0.05, 0) is 72.8 Å². The lowest BCUT2D eigenvalue weighted by atomic mass is 10.1. The molecule has 0 N–H and O–H groups in total. The predicted octanol–water partition coefficient (Wildman–Crippen LogP) is 12.8. The van der Waals surface area contributed by atoms with Gasteiger partial charge in [-0.3, -0.25) is 0 Å². The summed E-state index contributed by atoms with van der Waals surface area (Å²) in [5.41, 5.74) is 9.99. The molecule has 0 atom stereocenters. The summed E-state index contributed by atoms with van der Waals surface area (Å²) in [5, 5.41) is 3.11.